The molecule has 1 rings (SSSR count). The van der Waals surface area contributed by atoms with E-state index in [0.717, 1.165) is 0 Å². The number of pyridine rings is 1. The molecule has 0 saturated heterocycles. The van der Waals surface area contributed by atoms with Crippen LogP contribution in [0.3, 0.4) is 0 Å². The van der Waals surface area contributed by atoms with Gasteiger partial charge in [0, 0.05) is 0 Å². The van der Waals surface area contributed by atoms with E-state index in [4.69, 9.17) is 0 Å². The Balaban J connectivity index is 3.52. The van der Waals surface area contributed by atoms with Gasteiger partial charge in [0.2, 0.25) is 0 Å². The van der Waals surface area contributed by atoms with Gasteiger partial charge in [-0.05, 0) is 6.07 Å². The molecule has 0 aromatic carbocycles. The molecule has 0 aliphatic rings. The third kappa shape index (κ3) is 2.63. The minimum absolute atomic E-state index is 0.244. The minimum atomic E-state index is -5.17. The van der Waals surface area contributed by atoms with Crippen molar-refractivity contribution in [1.82, 2.24) is 4.98 Å². The number of aromatic nitrogens is 1. The Morgan fingerprint density at radius 1 is 1.35 bits per heavy atom. The lowest BCUT2D eigenvalue weighted by atomic mass is 10.2. The van der Waals surface area contributed by atoms with Crippen molar-refractivity contribution in [3.8, 4) is 0 Å². The highest BCUT2D eigenvalue weighted by molar-refractivity contribution is 5.41. The molecule has 0 unspecified atom stereocenters. The predicted octanol–water partition coefficient (Wildman–Crippen LogP) is 3.09. The summed E-state index contributed by atoms with van der Waals surface area (Å²) < 4.78 is 73.7. The zero-order valence-corrected chi connectivity index (χ0v) is 7.63. The van der Waals surface area contributed by atoms with E-state index < -0.39 is 40.4 Å². The van der Waals surface area contributed by atoms with E-state index in [2.05, 4.69) is 4.98 Å². The summed E-state index contributed by atoms with van der Waals surface area (Å²) in [7, 11) is 0. The summed E-state index contributed by atoms with van der Waals surface area (Å²) >= 11 is 0. The molecule has 1 aromatic heterocycles. The Labute approximate surface area is 89.0 Å². The number of halogens is 6. The number of hydrogen-bond donors (Lipinski definition) is 0. The highest BCUT2D eigenvalue weighted by Gasteiger charge is 2.38. The van der Waals surface area contributed by atoms with Crippen LogP contribution in [0.2, 0.25) is 0 Å². The van der Waals surface area contributed by atoms with Gasteiger partial charge in [-0.3, -0.25) is 10.1 Å². The summed E-state index contributed by atoms with van der Waals surface area (Å²) in [5, 5.41) is 10.2. The molecular formula is C7H2F6N2O2. The third-order valence-corrected chi connectivity index (χ3v) is 1.69. The van der Waals surface area contributed by atoms with E-state index in [1.807, 2.05) is 0 Å². The maximum Gasteiger partial charge on any atom is 0.433 e. The van der Waals surface area contributed by atoms with Crippen LogP contribution >= 0.6 is 0 Å². The van der Waals surface area contributed by atoms with Gasteiger partial charge >= 0.3 is 11.9 Å². The van der Waals surface area contributed by atoms with Gasteiger partial charge in [0.25, 0.3) is 12.4 Å². The maximum absolute atomic E-state index is 12.9. The molecule has 0 fully saturated rings. The largest absolute Gasteiger partial charge is 0.433 e. The quantitative estimate of drug-likeness (QED) is 0.355. The number of alkyl halides is 5. The number of nitro groups is 1. The molecule has 0 bridgehead atoms. The monoisotopic (exact) mass is 260 g/mol. The molecular weight excluding hydrogens is 258 g/mol. The van der Waals surface area contributed by atoms with E-state index in [-0.39, 0.29) is 6.07 Å². The third-order valence-electron chi connectivity index (χ3n) is 1.69. The zero-order chi connectivity index (χ0) is 13.4. The lowest BCUT2D eigenvalue weighted by Crippen LogP contribution is -2.12. The Kier molecular flexibility index (Phi) is 3.25. The first-order chi connectivity index (χ1) is 7.64. The SMILES string of the molecule is O=[N+]([O-])c1c(C(F)F)cc(C(F)(F)F)nc1F. The molecule has 0 spiro atoms. The molecule has 0 aliphatic heterocycles. The molecule has 0 atom stereocenters. The van der Waals surface area contributed by atoms with Gasteiger partial charge in [0.1, 0.15) is 11.3 Å². The van der Waals surface area contributed by atoms with Gasteiger partial charge in [-0.25, -0.2) is 13.8 Å². The van der Waals surface area contributed by atoms with Crippen molar-refractivity contribution in [2.75, 3.05) is 0 Å². The predicted molar refractivity (Wildman–Crippen MR) is 40.8 cm³/mol. The van der Waals surface area contributed by atoms with Crippen molar-refractivity contribution < 1.29 is 31.3 Å². The Morgan fingerprint density at radius 3 is 2.24 bits per heavy atom. The van der Waals surface area contributed by atoms with Crippen molar-refractivity contribution in [2.45, 2.75) is 12.6 Å². The van der Waals surface area contributed by atoms with Crippen molar-refractivity contribution in [3.05, 3.63) is 33.4 Å². The number of hydrogen-bond acceptors (Lipinski definition) is 3. The fourth-order valence-corrected chi connectivity index (χ4v) is 1.02. The molecule has 4 nitrogen and oxygen atoms in total. The van der Waals surface area contributed by atoms with E-state index in [1.165, 1.54) is 0 Å². The molecule has 0 N–H and O–H groups in total. The molecule has 17 heavy (non-hydrogen) atoms. The molecule has 0 saturated carbocycles. The normalized spacial score (nSPS) is 11.9. The summed E-state index contributed by atoms with van der Waals surface area (Å²) in [6.07, 6.45) is -8.78. The van der Waals surface area contributed by atoms with Crippen LogP contribution in [0.15, 0.2) is 6.07 Å². The Hall–Kier alpha value is -1.87. The summed E-state index contributed by atoms with van der Waals surface area (Å²) in [5.74, 6) is -2.19. The first-order valence-corrected chi connectivity index (χ1v) is 3.84. The second-order valence-electron chi connectivity index (χ2n) is 2.79. The van der Waals surface area contributed by atoms with Crippen molar-refractivity contribution >= 4 is 5.69 Å². The average Bonchev–Trinajstić information content (AvgIpc) is 2.13. The lowest BCUT2D eigenvalue weighted by Gasteiger charge is -2.08. The van der Waals surface area contributed by atoms with Gasteiger partial charge < -0.3 is 0 Å². The van der Waals surface area contributed by atoms with E-state index in [0.29, 0.717) is 0 Å². The number of nitrogens with zero attached hydrogens (tertiary/aromatic N) is 2. The van der Waals surface area contributed by atoms with Crippen LogP contribution < -0.4 is 0 Å². The van der Waals surface area contributed by atoms with Crippen LogP contribution in [0.25, 0.3) is 0 Å². The van der Waals surface area contributed by atoms with Gasteiger partial charge in [-0.15, -0.1) is 0 Å². The summed E-state index contributed by atoms with van der Waals surface area (Å²) in [6.45, 7) is 0. The molecule has 0 amide bonds. The van der Waals surface area contributed by atoms with Crippen LogP contribution in [0.5, 0.6) is 0 Å². The van der Waals surface area contributed by atoms with Gasteiger partial charge in [-0.1, -0.05) is 0 Å². The van der Waals surface area contributed by atoms with E-state index >= 15 is 0 Å². The summed E-state index contributed by atoms with van der Waals surface area (Å²) in [5.41, 5.74) is -5.36. The standard InChI is InChI=1S/C7H2F6N2O2/c8-5(9)2-1-3(7(11,12)13)14-6(10)4(2)15(16)17/h1,5H. The van der Waals surface area contributed by atoms with Crippen LogP contribution in [0.1, 0.15) is 17.7 Å². The molecule has 1 aromatic rings. The zero-order valence-electron chi connectivity index (χ0n) is 7.63. The molecule has 94 valence electrons. The van der Waals surface area contributed by atoms with Crippen molar-refractivity contribution in [2.24, 2.45) is 0 Å². The Bertz CT molecular complexity index is 458. The highest BCUT2D eigenvalue weighted by Crippen LogP contribution is 2.36. The highest BCUT2D eigenvalue weighted by atomic mass is 19.4. The van der Waals surface area contributed by atoms with Crippen LogP contribution in [0.4, 0.5) is 32.0 Å². The van der Waals surface area contributed by atoms with E-state index in [1.54, 1.807) is 0 Å². The first kappa shape index (κ1) is 13.2. The van der Waals surface area contributed by atoms with Crippen LogP contribution in [-0.4, -0.2) is 9.91 Å². The fourth-order valence-electron chi connectivity index (χ4n) is 1.02. The summed E-state index contributed by atoms with van der Waals surface area (Å²) in [6, 6.07) is -0.244. The van der Waals surface area contributed by atoms with Crippen LogP contribution in [0, 0.1) is 16.1 Å². The van der Waals surface area contributed by atoms with Gasteiger partial charge in [0.05, 0.1) is 4.92 Å². The Morgan fingerprint density at radius 2 is 1.88 bits per heavy atom. The smallest absolute Gasteiger partial charge is 0.258 e. The second-order valence-corrected chi connectivity index (χ2v) is 2.79. The maximum atomic E-state index is 12.9. The molecule has 0 aliphatic carbocycles. The summed E-state index contributed by atoms with van der Waals surface area (Å²) in [4.78, 5) is 10.9. The topological polar surface area (TPSA) is 56.0 Å². The van der Waals surface area contributed by atoms with E-state index in [9.17, 15) is 36.5 Å². The average molecular weight is 260 g/mol. The molecule has 1 heterocycles. The van der Waals surface area contributed by atoms with Crippen molar-refractivity contribution in [3.63, 3.8) is 0 Å². The number of rotatable bonds is 2. The minimum Gasteiger partial charge on any atom is -0.258 e. The molecule has 10 heteroatoms. The fraction of sp³-hybridized carbons (Fsp3) is 0.286. The molecule has 0 radical (unpaired) electrons. The van der Waals surface area contributed by atoms with Gasteiger partial charge in [-0.2, -0.15) is 17.6 Å². The van der Waals surface area contributed by atoms with Gasteiger partial charge in [0.15, 0.2) is 0 Å². The lowest BCUT2D eigenvalue weighted by molar-refractivity contribution is -0.389. The first-order valence-electron chi connectivity index (χ1n) is 3.84. The second kappa shape index (κ2) is 4.18. The van der Waals surface area contributed by atoms with Crippen molar-refractivity contribution in [1.29, 1.82) is 0 Å². The van der Waals surface area contributed by atoms with Crippen LogP contribution in [-0.2, 0) is 6.18 Å².